The molecular formula is C15H11F5O. The standard InChI is InChI=1S/C15H11F5O/c1-8-7-9(15(18,19)20)5-6-10(8)14(21)13-11(16)3-2-4-12(13)17/h2-7,14,21H,1H3. The third-order valence-corrected chi connectivity index (χ3v) is 3.16. The fourth-order valence-corrected chi connectivity index (χ4v) is 2.09. The zero-order valence-electron chi connectivity index (χ0n) is 10.9. The Labute approximate surface area is 117 Å². The molecule has 0 aromatic heterocycles. The lowest BCUT2D eigenvalue weighted by atomic mass is 9.95. The fraction of sp³-hybridized carbons (Fsp3) is 0.200. The molecule has 0 saturated carbocycles. The summed E-state index contributed by atoms with van der Waals surface area (Å²) in [6.45, 7) is 1.34. The number of benzene rings is 2. The molecule has 1 N–H and O–H groups in total. The van der Waals surface area contributed by atoms with Gasteiger partial charge < -0.3 is 5.11 Å². The van der Waals surface area contributed by atoms with Gasteiger partial charge in [-0.15, -0.1) is 0 Å². The molecule has 2 rings (SSSR count). The predicted molar refractivity (Wildman–Crippen MR) is 66.6 cm³/mol. The highest BCUT2D eigenvalue weighted by Gasteiger charge is 2.31. The van der Waals surface area contributed by atoms with E-state index in [0.29, 0.717) is 0 Å². The van der Waals surface area contributed by atoms with E-state index in [1.54, 1.807) is 0 Å². The van der Waals surface area contributed by atoms with Crippen LogP contribution in [0, 0.1) is 18.6 Å². The molecule has 0 heterocycles. The van der Waals surface area contributed by atoms with Crippen molar-refractivity contribution in [1.29, 1.82) is 0 Å². The maximum absolute atomic E-state index is 13.6. The Balaban J connectivity index is 2.47. The highest BCUT2D eigenvalue weighted by Crippen LogP contribution is 2.34. The van der Waals surface area contributed by atoms with Gasteiger partial charge in [-0.1, -0.05) is 12.1 Å². The maximum Gasteiger partial charge on any atom is 0.416 e. The molecule has 0 saturated heterocycles. The van der Waals surface area contributed by atoms with Crippen molar-refractivity contribution in [1.82, 2.24) is 0 Å². The smallest absolute Gasteiger partial charge is 0.383 e. The van der Waals surface area contributed by atoms with Gasteiger partial charge in [-0.3, -0.25) is 0 Å². The quantitative estimate of drug-likeness (QED) is 0.817. The molecule has 1 atom stereocenters. The van der Waals surface area contributed by atoms with Crippen molar-refractivity contribution in [2.45, 2.75) is 19.2 Å². The lowest BCUT2D eigenvalue weighted by Crippen LogP contribution is -2.10. The Kier molecular flexibility index (Phi) is 4.00. The van der Waals surface area contributed by atoms with E-state index >= 15 is 0 Å². The number of aliphatic hydroxyl groups is 1. The van der Waals surface area contributed by atoms with Gasteiger partial charge in [0.15, 0.2) is 0 Å². The first-order valence-electron chi connectivity index (χ1n) is 6.01. The lowest BCUT2D eigenvalue weighted by Gasteiger charge is -2.17. The number of rotatable bonds is 2. The first-order valence-corrected chi connectivity index (χ1v) is 6.01. The van der Waals surface area contributed by atoms with E-state index in [1.165, 1.54) is 6.92 Å². The van der Waals surface area contributed by atoms with E-state index in [9.17, 15) is 27.1 Å². The molecule has 21 heavy (non-hydrogen) atoms. The van der Waals surface area contributed by atoms with Crippen LogP contribution in [0.4, 0.5) is 22.0 Å². The lowest BCUT2D eigenvalue weighted by molar-refractivity contribution is -0.137. The Morgan fingerprint density at radius 2 is 1.57 bits per heavy atom. The highest BCUT2D eigenvalue weighted by atomic mass is 19.4. The van der Waals surface area contributed by atoms with E-state index < -0.39 is 35.0 Å². The molecule has 0 amide bonds. The van der Waals surface area contributed by atoms with E-state index in [-0.39, 0.29) is 11.1 Å². The van der Waals surface area contributed by atoms with Crippen LogP contribution in [-0.4, -0.2) is 5.11 Å². The van der Waals surface area contributed by atoms with Crippen molar-refractivity contribution in [2.24, 2.45) is 0 Å². The zero-order chi connectivity index (χ0) is 15.8. The average molecular weight is 302 g/mol. The van der Waals surface area contributed by atoms with Crippen LogP contribution in [0.15, 0.2) is 36.4 Å². The van der Waals surface area contributed by atoms with Crippen molar-refractivity contribution in [3.05, 3.63) is 70.3 Å². The summed E-state index contributed by atoms with van der Waals surface area (Å²) in [5.41, 5.74) is -1.35. The Morgan fingerprint density at radius 1 is 1.00 bits per heavy atom. The summed E-state index contributed by atoms with van der Waals surface area (Å²) in [5, 5.41) is 10.1. The molecule has 0 aliphatic rings. The van der Waals surface area contributed by atoms with Crippen LogP contribution in [0.5, 0.6) is 0 Å². The minimum Gasteiger partial charge on any atom is -0.383 e. The van der Waals surface area contributed by atoms with Gasteiger partial charge >= 0.3 is 6.18 Å². The summed E-state index contributed by atoms with van der Waals surface area (Å²) in [6.07, 6.45) is -6.19. The van der Waals surface area contributed by atoms with Gasteiger partial charge in [0.25, 0.3) is 0 Å². The molecule has 0 spiro atoms. The second kappa shape index (κ2) is 5.44. The summed E-state index contributed by atoms with van der Waals surface area (Å²) in [5.74, 6) is -1.91. The number of aryl methyl sites for hydroxylation is 1. The van der Waals surface area contributed by atoms with Gasteiger partial charge in [-0.25, -0.2) is 8.78 Å². The second-order valence-corrected chi connectivity index (χ2v) is 4.61. The zero-order valence-corrected chi connectivity index (χ0v) is 10.9. The second-order valence-electron chi connectivity index (χ2n) is 4.61. The van der Waals surface area contributed by atoms with Gasteiger partial charge in [0.05, 0.1) is 11.1 Å². The molecule has 0 aliphatic heterocycles. The van der Waals surface area contributed by atoms with Gasteiger partial charge in [-0.05, 0) is 42.3 Å². The molecule has 1 unspecified atom stereocenters. The number of hydrogen-bond acceptors (Lipinski definition) is 1. The minimum absolute atomic E-state index is 0.0204. The van der Waals surface area contributed by atoms with Crippen LogP contribution < -0.4 is 0 Å². The SMILES string of the molecule is Cc1cc(C(F)(F)F)ccc1C(O)c1c(F)cccc1F. The summed E-state index contributed by atoms with van der Waals surface area (Å²) >= 11 is 0. The highest BCUT2D eigenvalue weighted by molar-refractivity contribution is 5.39. The Morgan fingerprint density at radius 3 is 2.05 bits per heavy atom. The minimum atomic E-state index is -4.52. The molecule has 0 aliphatic carbocycles. The molecular weight excluding hydrogens is 291 g/mol. The number of alkyl halides is 3. The number of hydrogen-bond donors (Lipinski definition) is 1. The van der Waals surface area contributed by atoms with Gasteiger partial charge in [0.1, 0.15) is 17.7 Å². The van der Waals surface area contributed by atoms with Crippen molar-refractivity contribution in [3.63, 3.8) is 0 Å². The van der Waals surface area contributed by atoms with Crippen LogP contribution in [0.3, 0.4) is 0 Å². The van der Waals surface area contributed by atoms with Crippen molar-refractivity contribution in [2.75, 3.05) is 0 Å². The van der Waals surface area contributed by atoms with Crippen LogP contribution in [0.2, 0.25) is 0 Å². The topological polar surface area (TPSA) is 20.2 Å². The first-order chi connectivity index (χ1) is 9.71. The molecule has 2 aromatic carbocycles. The largest absolute Gasteiger partial charge is 0.416 e. The van der Waals surface area contributed by atoms with Gasteiger partial charge in [-0.2, -0.15) is 13.2 Å². The van der Waals surface area contributed by atoms with Gasteiger partial charge in [0.2, 0.25) is 0 Å². The molecule has 1 nitrogen and oxygen atoms in total. The normalized spacial score (nSPS) is 13.3. The molecule has 112 valence electrons. The van der Waals surface area contributed by atoms with E-state index in [4.69, 9.17) is 0 Å². The third kappa shape index (κ3) is 3.05. The van der Waals surface area contributed by atoms with E-state index in [1.807, 2.05) is 0 Å². The average Bonchev–Trinajstić information content (AvgIpc) is 2.37. The van der Waals surface area contributed by atoms with Crippen molar-refractivity contribution >= 4 is 0 Å². The van der Waals surface area contributed by atoms with Crippen molar-refractivity contribution in [3.8, 4) is 0 Å². The summed E-state index contributed by atoms with van der Waals surface area (Å²) < 4.78 is 64.9. The molecule has 0 radical (unpaired) electrons. The monoisotopic (exact) mass is 302 g/mol. The fourth-order valence-electron chi connectivity index (χ4n) is 2.09. The maximum atomic E-state index is 13.6. The summed E-state index contributed by atoms with van der Waals surface area (Å²) in [6, 6.07) is 5.71. The van der Waals surface area contributed by atoms with Gasteiger partial charge in [0, 0.05) is 0 Å². The first kappa shape index (κ1) is 15.4. The number of aliphatic hydroxyl groups excluding tert-OH is 1. The summed E-state index contributed by atoms with van der Waals surface area (Å²) in [7, 11) is 0. The van der Waals surface area contributed by atoms with Crippen LogP contribution in [0.1, 0.15) is 28.4 Å². The summed E-state index contributed by atoms with van der Waals surface area (Å²) in [4.78, 5) is 0. The third-order valence-electron chi connectivity index (χ3n) is 3.16. The Hall–Kier alpha value is -1.95. The molecule has 0 fully saturated rings. The Bertz CT molecular complexity index is 643. The van der Waals surface area contributed by atoms with Crippen LogP contribution in [-0.2, 0) is 6.18 Å². The molecule has 6 heteroatoms. The molecule has 2 aromatic rings. The van der Waals surface area contributed by atoms with Crippen molar-refractivity contribution < 1.29 is 27.1 Å². The van der Waals surface area contributed by atoms with Crippen LogP contribution in [0.25, 0.3) is 0 Å². The predicted octanol–water partition coefficient (Wildman–Crippen LogP) is 4.37. The van der Waals surface area contributed by atoms with Crippen LogP contribution >= 0.6 is 0 Å². The number of halogens is 5. The van der Waals surface area contributed by atoms with E-state index in [0.717, 1.165) is 36.4 Å². The van der Waals surface area contributed by atoms with E-state index in [2.05, 4.69) is 0 Å². The molecule has 0 bridgehead atoms.